The molecule has 0 N–H and O–H groups in total. The summed E-state index contributed by atoms with van der Waals surface area (Å²) in [6.07, 6.45) is 0.695. The summed E-state index contributed by atoms with van der Waals surface area (Å²) >= 11 is 0. The van der Waals surface area contributed by atoms with E-state index in [2.05, 4.69) is 0 Å². The molecule has 1 nitrogen and oxygen atoms in total. The van der Waals surface area contributed by atoms with Crippen molar-refractivity contribution in [1.82, 2.24) is 0 Å². The fraction of sp³-hybridized carbons (Fsp3) is 0.222. The van der Waals surface area contributed by atoms with Gasteiger partial charge in [-0.1, -0.05) is 19.1 Å². The van der Waals surface area contributed by atoms with Gasteiger partial charge in [0.25, 0.3) is 0 Å². The van der Waals surface area contributed by atoms with Crippen LogP contribution in [0.1, 0.15) is 18.1 Å². The lowest BCUT2D eigenvalue weighted by atomic mass is 10.1. The maximum absolute atomic E-state index is 12.8. The van der Waals surface area contributed by atoms with Gasteiger partial charge in [-0.2, -0.15) is 5.26 Å². The van der Waals surface area contributed by atoms with Crippen molar-refractivity contribution in [1.29, 1.82) is 5.26 Å². The van der Waals surface area contributed by atoms with Gasteiger partial charge in [0, 0.05) is 0 Å². The number of hydrogen-bond donors (Lipinski definition) is 0. The Bertz CT molecular complexity index is 299. The lowest BCUT2D eigenvalue weighted by Crippen LogP contribution is -1.90. The monoisotopic (exact) mass is 149 g/mol. The molecule has 0 radical (unpaired) electrons. The van der Waals surface area contributed by atoms with E-state index in [1.807, 2.05) is 13.0 Å². The van der Waals surface area contributed by atoms with Gasteiger partial charge in [-0.25, -0.2) is 4.39 Å². The van der Waals surface area contributed by atoms with Crippen molar-refractivity contribution >= 4 is 0 Å². The van der Waals surface area contributed by atoms with Gasteiger partial charge in [-0.15, -0.1) is 0 Å². The van der Waals surface area contributed by atoms with Crippen molar-refractivity contribution < 1.29 is 4.39 Å². The average Bonchev–Trinajstić information content (AvgIpc) is 2.04. The highest BCUT2D eigenvalue weighted by Crippen LogP contribution is 2.12. The summed E-state index contributed by atoms with van der Waals surface area (Å²) in [6, 6.07) is 6.53. The molecule has 0 saturated heterocycles. The zero-order chi connectivity index (χ0) is 8.27. The molecule has 11 heavy (non-hydrogen) atoms. The van der Waals surface area contributed by atoms with Crippen LogP contribution in [0.5, 0.6) is 0 Å². The molecule has 0 spiro atoms. The summed E-state index contributed by atoms with van der Waals surface area (Å²) < 4.78 is 12.8. The highest BCUT2D eigenvalue weighted by Gasteiger charge is 2.04. The first kappa shape index (κ1) is 7.74. The van der Waals surface area contributed by atoms with E-state index in [1.165, 1.54) is 6.07 Å². The fourth-order valence-electron chi connectivity index (χ4n) is 0.989. The van der Waals surface area contributed by atoms with Crippen LogP contribution >= 0.6 is 0 Å². The highest BCUT2D eigenvalue weighted by atomic mass is 19.1. The predicted molar refractivity (Wildman–Crippen MR) is 40.5 cm³/mol. The van der Waals surface area contributed by atoms with Crippen LogP contribution in [0.15, 0.2) is 18.2 Å². The van der Waals surface area contributed by atoms with Crippen LogP contribution in [0.2, 0.25) is 0 Å². The van der Waals surface area contributed by atoms with E-state index >= 15 is 0 Å². The second-order valence-electron chi connectivity index (χ2n) is 2.24. The smallest absolute Gasteiger partial charge is 0.141 e. The third-order valence-corrected chi connectivity index (χ3v) is 1.59. The molecule has 0 bridgehead atoms. The van der Waals surface area contributed by atoms with Crippen LogP contribution in [-0.4, -0.2) is 0 Å². The Balaban J connectivity index is 3.27. The number of rotatable bonds is 1. The molecule has 0 saturated carbocycles. The van der Waals surface area contributed by atoms with E-state index in [1.54, 1.807) is 12.1 Å². The summed E-state index contributed by atoms with van der Waals surface area (Å²) in [5.74, 6) is -0.424. The first-order chi connectivity index (χ1) is 5.29. The standard InChI is InChI=1S/C9H8FN/c1-2-7-4-3-5-9(10)8(7)6-11/h3-5H,2H2,1H3. The van der Waals surface area contributed by atoms with Gasteiger partial charge in [-0.3, -0.25) is 0 Å². The number of nitrogens with zero attached hydrogens (tertiary/aromatic N) is 1. The minimum atomic E-state index is -0.424. The number of hydrogen-bond acceptors (Lipinski definition) is 1. The van der Waals surface area contributed by atoms with Crippen LogP contribution in [0.3, 0.4) is 0 Å². The number of nitriles is 1. The molecule has 0 aromatic heterocycles. The maximum Gasteiger partial charge on any atom is 0.141 e. The van der Waals surface area contributed by atoms with E-state index in [0.717, 1.165) is 5.56 Å². The van der Waals surface area contributed by atoms with Crippen LogP contribution in [0, 0.1) is 17.1 Å². The molecule has 0 aliphatic heterocycles. The predicted octanol–water partition coefficient (Wildman–Crippen LogP) is 2.26. The molecule has 0 unspecified atom stereocenters. The van der Waals surface area contributed by atoms with Gasteiger partial charge in [0.15, 0.2) is 0 Å². The van der Waals surface area contributed by atoms with Gasteiger partial charge in [0.05, 0.1) is 5.56 Å². The molecular formula is C9H8FN. The summed E-state index contributed by atoms with van der Waals surface area (Å²) in [5, 5.41) is 8.54. The maximum atomic E-state index is 12.8. The Hall–Kier alpha value is -1.36. The summed E-state index contributed by atoms with van der Waals surface area (Å²) in [4.78, 5) is 0. The normalized spacial score (nSPS) is 9.18. The van der Waals surface area contributed by atoms with Crippen molar-refractivity contribution in [3.8, 4) is 6.07 Å². The molecule has 2 heteroatoms. The van der Waals surface area contributed by atoms with Crippen LogP contribution < -0.4 is 0 Å². The van der Waals surface area contributed by atoms with Crippen molar-refractivity contribution in [2.45, 2.75) is 13.3 Å². The van der Waals surface area contributed by atoms with Crippen molar-refractivity contribution in [2.75, 3.05) is 0 Å². The molecule has 0 atom stereocenters. The van der Waals surface area contributed by atoms with E-state index in [-0.39, 0.29) is 5.56 Å². The Morgan fingerprint density at radius 2 is 2.27 bits per heavy atom. The topological polar surface area (TPSA) is 23.8 Å². The molecule has 0 aliphatic carbocycles. The van der Waals surface area contributed by atoms with Gasteiger partial charge >= 0.3 is 0 Å². The minimum Gasteiger partial charge on any atom is -0.206 e. The van der Waals surface area contributed by atoms with E-state index in [0.29, 0.717) is 6.42 Å². The summed E-state index contributed by atoms with van der Waals surface area (Å²) in [5.41, 5.74) is 0.947. The van der Waals surface area contributed by atoms with Crippen molar-refractivity contribution in [3.05, 3.63) is 35.1 Å². The second-order valence-corrected chi connectivity index (χ2v) is 2.24. The average molecular weight is 149 g/mol. The van der Waals surface area contributed by atoms with Gasteiger partial charge in [-0.05, 0) is 18.1 Å². The first-order valence-electron chi connectivity index (χ1n) is 3.47. The quantitative estimate of drug-likeness (QED) is 0.600. The third kappa shape index (κ3) is 1.38. The van der Waals surface area contributed by atoms with Crippen molar-refractivity contribution in [3.63, 3.8) is 0 Å². The van der Waals surface area contributed by atoms with Crippen LogP contribution in [0.25, 0.3) is 0 Å². The summed E-state index contributed by atoms with van der Waals surface area (Å²) in [7, 11) is 0. The van der Waals surface area contributed by atoms with Crippen LogP contribution in [0.4, 0.5) is 4.39 Å². The molecule has 1 rings (SSSR count). The Morgan fingerprint density at radius 1 is 1.55 bits per heavy atom. The lowest BCUT2D eigenvalue weighted by molar-refractivity contribution is 0.621. The SMILES string of the molecule is CCc1cccc(F)c1C#N. The van der Waals surface area contributed by atoms with Gasteiger partial charge in [0.1, 0.15) is 11.9 Å². The largest absolute Gasteiger partial charge is 0.206 e. The van der Waals surface area contributed by atoms with Gasteiger partial charge in [0.2, 0.25) is 0 Å². The molecule has 56 valence electrons. The molecule has 0 aliphatic rings. The minimum absolute atomic E-state index is 0.176. The molecule has 0 heterocycles. The molecule has 0 amide bonds. The number of halogens is 1. The van der Waals surface area contributed by atoms with E-state index < -0.39 is 5.82 Å². The zero-order valence-electron chi connectivity index (χ0n) is 6.26. The Labute approximate surface area is 65.1 Å². The van der Waals surface area contributed by atoms with Gasteiger partial charge < -0.3 is 0 Å². The zero-order valence-corrected chi connectivity index (χ0v) is 6.26. The second kappa shape index (κ2) is 3.16. The molecular weight excluding hydrogens is 141 g/mol. The van der Waals surface area contributed by atoms with E-state index in [4.69, 9.17) is 5.26 Å². The van der Waals surface area contributed by atoms with Crippen molar-refractivity contribution in [2.24, 2.45) is 0 Å². The molecule has 1 aromatic rings. The van der Waals surface area contributed by atoms with Crippen LogP contribution in [-0.2, 0) is 6.42 Å². The summed E-state index contributed by atoms with van der Waals surface area (Å²) in [6.45, 7) is 1.90. The number of benzene rings is 1. The third-order valence-electron chi connectivity index (χ3n) is 1.59. The molecule has 1 aromatic carbocycles. The number of aryl methyl sites for hydroxylation is 1. The highest BCUT2D eigenvalue weighted by molar-refractivity contribution is 5.38. The first-order valence-corrected chi connectivity index (χ1v) is 3.47. The lowest BCUT2D eigenvalue weighted by Gasteiger charge is -1.98. The fourth-order valence-corrected chi connectivity index (χ4v) is 0.989. The Morgan fingerprint density at radius 3 is 2.73 bits per heavy atom. The Kier molecular flexibility index (Phi) is 2.22. The molecule has 0 fully saturated rings. The van der Waals surface area contributed by atoms with E-state index in [9.17, 15) is 4.39 Å².